The van der Waals surface area contributed by atoms with E-state index in [9.17, 15) is 9.18 Å². The normalized spacial score (nSPS) is 13.7. The summed E-state index contributed by atoms with van der Waals surface area (Å²) in [5, 5.41) is 3.24. The molecule has 2 aromatic heterocycles. The summed E-state index contributed by atoms with van der Waals surface area (Å²) in [6.45, 7) is 3.09. The minimum absolute atomic E-state index is 0.124. The first-order valence-electron chi connectivity index (χ1n) is 10.1. The van der Waals surface area contributed by atoms with Crippen LogP contribution in [0.1, 0.15) is 31.4 Å². The van der Waals surface area contributed by atoms with Crippen LogP contribution in [-0.4, -0.2) is 46.0 Å². The number of carbonyl (C=O) groups excluding carboxylic acids is 1. The third kappa shape index (κ3) is 5.97. The smallest absolute Gasteiger partial charge is 0.241 e. The number of amides is 1. The Bertz CT molecular complexity index is 961. The first-order valence-corrected chi connectivity index (χ1v) is 10.1. The number of nitrogens with zero attached hydrogens (tertiary/aromatic N) is 4. The lowest BCUT2D eigenvalue weighted by molar-refractivity contribution is -0.129. The minimum atomic E-state index is 0.124. The van der Waals surface area contributed by atoms with Crippen LogP contribution in [0.4, 0.5) is 15.9 Å². The second kappa shape index (κ2) is 11.0. The number of carbonyl (C=O) groups is 1. The van der Waals surface area contributed by atoms with Crippen molar-refractivity contribution in [3.63, 3.8) is 0 Å². The fraction of sp³-hybridized carbons (Fsp3) is 0.304. The summed E-state index contributed by atoms with van der Waals surface area (Å²) in [6.07, 6.45) is 6.80. The van der Waals surface area contributed by atoms with E-state index in [4.69, 9.17) is 4.74 Å². The van der Waals surface area contributed by atoms with Gasteiger partial charge in [-0.3, -0.25) is 14.2 Å². The lowest BCUT2D eigenvalue weighted by Gasteiger charge is -2.31. The van der Waals surface area contributed by atoms with E-state index in [1.54, 1.807) is 25.5 Å². The van der Waals surface area contributed by atoms with Crippen LogP contribution in [-0.2, 0) is 4.79 Å². The lowest BCUT2D eigenvalue weighted by Crippen LogP contribution is -2.36. The van der Waals surface area contributed by atoms with E-state index in [0.717, 1.165) is 43.1 Å². The van der Waals surface area contributed by atoms with Gasteiger partial charge >= 0.3 is 0 Å². The Balaban J connectivity index is 0.00000132. The van der Waals surface area contributed by atoms with Crippen molar-refractivity contribution in [2.24, 2.45) is 0 Å². The number of anilines is 2. The molecule has 7 nitrogen and oxygen atoms in total. The monoisotopic (exact) mass is 423 g/mol. The number of likely N-dealkylation sites (tertiary alicyclic amines) is 1. The molecule has 0 saturated carbocycles. The van der Waals surface area contributed by atoms with Gasteiger partial charge in [-0.25, -0.2) is 9.97 Å². The molecule has 0 spiro atoms. The molecule has 3 aromatic rings. The molecule has 162 valence electrons. The SMILES string of the molecule is CC(=O)N1CCC(c2nccnc2Oc2ccc(Nc3ccccn3)cc2)CC1.CF. The number of hydrogen-bond donors (Lipinski definition) is 1. The van der Waals surface area contributed by atoms with Crippen molar-refractivity contribution in [3.8, 4) is 11.6 Å². The van der Waals surface area contributed by atoms with Crippen molar-refractivity contribution in [2.75, 3.05) is 25.6 Å². The molecule has 1 fully saturated rings. The lowest BCUT2D eigenvalue weighted by atomic mass is 9.93. The third-order valence-electron chi connectivity index (χ3n) is 5.02. The van der Waals surface area contributed by atoms with Gasteiger partial charge < -0.3 is 15.0 Å². The average Bonchev–Trinajstić information content (AvgIpc) is 2.83. The van der Waals surface area contributed by atoms with Crippen LogP contribution in [0, 0.1) is 0 Å². The highest BCUT2D eigenvalue weighted by Gasteiger charge is 2.26. The zero-order chi connectivity index (χ0) is 22.1. The summed E-state index contributed by atoms with van der Waals surface area (Å²) < 4.78 is 15.5. The van der Waals surface area contributed by atoms with Gasteiger partial charge in [-0.2, -0.15) is 0 Å². The molecule has 0 bridgehead atoms. The first-order chi connectivity index (χ1) is 15.2. The predicted molar refractivity (Wildman–Crippen MR) is 117 cm³/mol. The van der Waals surface area contributed by atoms with Gasteiger partial charge in [-0.05, 0) is 49.2 Å². The molecule has 0 unspecified atom stereocenters. The molecule has 0 atom stereocenters. The molecule has 3 heterocycles. The number of ether oxygens (including phenoxy) is 1. The summed E-state index contributed by atoms with van der Waals surface area (Å²) in [6, 6.07) is 13.4. The van der Waals surface area contributed by atoms with Gasteiger partial charge in [0, 0.05) is 50.2 Å². The largest absolute Gasteiger partial charge is 0.437 e. The number of nitrogens with one attached hydrogen (secondary N) is 1. The van der Waals surface area contributed by atoms with Gasteiger partial charge in [0.15, 0.2) is 0 Å². The summed E-state index contributed by atoms with van der Waals surface area (Å²) in [7, 11) is 0.500. The number of rotatable bonds is 5. The Labute approximate surface area is 181 Å². The molecule has 31 heavy (non-hydrogen) atoms. The minimum Gasteiger partial charge on any atom is -0.437 e. The van der Waals surface area contributed by atoms with Crippen LogP contribution in [0.15, 0.2) is 61.1 Å². The molecule has 4 rings (SSSR count). The maximum absolute atomic E-state index is 11.6. The quantitative estimate of drug-likeness (QED) is 0.640. The fourth-order valence-corrected chi connectivity index (χ4v) is 3.47. The molecule has 1 aliphatic heterocycles. The summed E-state index contributed by atoms with van der Waals surface area (Å²) in [4.78, 5) is 26.6. The molecular formula is C23H26FN5O2. The van der Waals surface area contributed by atoms with E-state index >= 15 is 0 Å². The highest BCUT2D eigenvalue weighted by molar-refractivity contribution is 5.73. The van der Waals surface area contributed by atoms with Crippen molar-refractivity contribution in [2.45, 2.75) is 25.7 Å². The Hall–Kier alpha value is -3.55. The molecule has 1 amide bonds. The number of halogens is 1. The molecule has 8 heteroatoms. The zero-order valence-corrected chi connectivity index (χ0v) is 17.7. The Morgan fingerprint density at radius 1 is 1.00 bits per heavy atom. The van der Waals surface area contributed by atoms with Crippen molar-refractivity contribution in [1.82, 2.24) is 19.9 Å². The van der Waals surface area contributed by atoms with Crippen molar-refractivity contribution >= 4 is 17.4 Å². The highest BCUT2D eigenvalue weighted by atomic mass is 19.1. The third-order valence-corrected chi connectivity index (χ3v) is 5.02. The van der Waals surface area contributed by atoms with Gasteiger partial charge in [-0.1, -0.05) is 6.07 Å². The van der Waals surface area contributed by atoms with Gasteiger partial charge in [-0.15, -0.1) is 0 Å². The van der Waals surface area contributed by atoms with E-state index in [2.05, 4.69) is 20.3 Å². The number of aromatic nitrogens is 3. The van der Waals surface area contributed by atoms with Gasteiger partial charge in [0.25, 0.3) is 0 Å². The molecular weight excluding hydrogens is 397 g/mol. The average molecular weight is 423 g/mol. The van der Waals surface area contributed by atoms with Crippen LogP contribution in [0.2, 0.25) is 0 Å². The summed E-state index contributed by atoms with van der Waals surface area (Å²) >= 11 is 0. The van der Waals surface area contributed by atoms with Crippen LogP contribution in [0.3, 0.4) is 0 Å². The molecule has 1 aromatic carbocycles. The number of pyridine rings is 1. The summed E-state index contributed by atoms with van der Waals surface area (Å²) in [5.74, 6) is 2.37. The van der Waals surface area contributed by atoms with Gasteiger partial charge in [0.1, 0.15) is 17.3 Å². The molecule has 0 aliphatic carbocycles. The van der Waals surface area contributed by atoms with E-state index in [1.807, 2.05) is 47.4 Å². The predicted octanol–water partition coefficient (Wildman–Crippen LogP) is 4.72. The number of benzene rings is 1. The maximum Gasteiger partial charge on any atom is 0.241 e. The van der Waals surface area contributed by atoms with Crippen molar-refractivity contribution in [1.29, 1.82) is 0 Å². The zero-order valence-electron chi connectivity index (χ0n) is 17.7. The first kappa shape index (κ1) is 22.1. The van der Waals surface area contributed by atoms with E-state index < -0.39 is 0 Å². The maximum atomic E-state index is 11.6. The molecule has 0 radical (unpaired) electrons. The van der Waals surface area contributed by atoms with Gasteiger partial charge in [0.05, 0.1) is 7.18 Å². The molecule has 1 aliphatic rings. The van der Waals surface area contributed by atoms with Crippen molar-refractivity contribution in [3.05, 3.63) is 66.7 Å². The topological polar surface area (TPSA) is 80.2 Å². The van der Waals surface area contributed by atoms with Crippen LogP contribution in [0.5, 0.6) is 11.6 Å². The van der Waals surface area contributed by atoms with Crippen LogP contribution < -0.4 is 10.1 Å². The number of piperidine rings is 1. The van der Waals surface area contributed by atoms with E-state index in [1.165, 1.54) is 0 Å². The van der Waals surface area contributed by atoms with E-state index in [-0.39, 0.29) is 11.8 Å². The molecule has 1 N–H and O–H groups in total. The van der Waals surface area contributed by atoms with Gasteiger partial charge in [0.2, 0.25) is 11.8 Å². The van der Waals surface area contributed by atoms with Crippen molar-refractivity contribution < 1.29 is 13.9 Å². The fourth-order valence-electron chi connectivity index (χ4n) is 3.47. The summed E-state index contributed by atoms with van der Waals surface area (Å²) in [5.41, 5.74) is 1.78. The molecule has 1 saturated heterocycles. The Morgan fingerprint density at radius 3 is 2.35 bits per heavy atom. The second-order valence-corrected chi connectivity index (χ2v) is 6.99. The number of hydrogen-bond acceptors (Lipinski definition) is 6. The standard InChI is InChI=1S/C22H23N5O2.CH3F/c1-16(28)27-14-9-17(10-15-27)21-22(25-13-12-24-21)29-19-7-5-18(6-8-19)26-20-4-2-3-11-23-20;1-2/h2-8,11-13,17H,9-10,14-15H2,1H3,(H,23,26);1H3. The van der Waals surface area contributed by atoms with Crippen LogP contribution in [0.25, 0.3) is 0 Å². The Kier molecular flexibility index (Phi) is 7.86. The van der Waals surface area contributed by atoms with Crippen LogP contribution >= 0.6 is 0 Å². The Morgan fingerprint density at radius 2 is 1.71 bits per heavy atom. The second-order valence-electron chi connectivity index (χ2n) is 6.99. The highest BCUT2D eigenvalue weighted by Crippen LogP contribution is 2.33. The van der Waals surface area contributed by atoms with E-state index in [0.29, 0.717) is 18.8 Å². The number of alkyl halides is 1.